The predicted molar refractivity (Wildman–Crippen MR) is 64.7 cm³/mol. The van der Waals surface area contributed by atoms with Crippen LogP contribution >= 0.6 is 7.72 Å². The molecule has 0 aliphatic rings. The lowest BCUT2D eigenvalue weighted by Gasteiger charge is -2.07. The van der Waals surface area contributed by atoms with Crippen molar-refractivity contribution < 1.29 is 0 Å². The first-order chi connectivity index (χ1) is 6.00. The summed E-state index contributed by atoms with van der Waals surface area (Å²) in [6.45, 7) is 11.4. The third kappa shape index (κ3) is 2.86. The molecule has 70 valence electrons. The molecule has 13 heavy (non-hydrogen) atoms. The normalized spacial score (nSPS) is 10.5. The number of benzene rings is 1. The van der Waals surface area contributed by atoms with Crippen molar-refractivity contribution in [3.8, 4) is 0 Å². The molecule has 0 radical (unpaired) electrons. The van der Waals surface area contributed by atoms with Crippen molar-refractivity contribution in [2.24, 2.45) is 0 Å². The van der Waals surface area contributed by atoms with Crippen molar-refractivity contribution in [3.05, 3.63) is 28.8 Å². The van der Waals surface area contributed by atoms with E-state index in [0.717, 1.165) is 0 Å². The van der Waals surface area contributed by atoms with E-state index in [9.17, 15) is 0 Å². The summed E-state index contributed by atoms with van der Waals surface area (Å²) in [6.07, 6.45) is 0. The predicted octanol–water partition coefficient (Wildman–Crippen LogP) is 3.43. The van der Waals surface area contributed by atoms with Gasteiger partial charge in [0.2, 0.25) is 0 Å². The maximum Gasteiger partial charge on any atom is 0.0411 e. The zero-order chi connectivity index (χ0) is 10.0. The molecule has 0 bridgehead atoms. The van der Waals surface area contributed by atoms with Crippen molar-refractivity contribution in [2.75, 3.05) is 0 Å². The van der Waals surface area contributed by atoms with Crippen LogP contribution in [-0.2, 0) is 0 Å². The Morgan fingerprint density at radius 1 is 1.00 bits per heavy atom. The summed E-state index contributed by atoms with van der Waals surface area (Å²) >= 11 is 0. The molecule has 2 heteroatoms. The van der Waals surface area contributed by atoms with Gasteiger partial charge in [-0.2, -0.15) is 0 Å². The van der Waals surface area contributed by atoms with E-state index < -0.39 is 0 Å². The van der Waals surface area contributed by atoms with Gasteiger partial charge in [-0.05, 0) is 31.9 Å². The first-order valence-electron chi connectivity index (χ1n) is 4.60. The number of aryl methyl sites for hydroxylation is 3. The van der Waals surface area contributed by atoms with Crippen molar-refractivity contribution in [1.29, 1.82) is 0 Å². The van der Waals surface area contributed by atoms with Gasteiger partial charge in [-0.25, -0.2) is 0 Å². The highest BCUT2D eigenvalue weighted by molar-refractivity contribution is 7.59. The van der Waals surface area contributed by atoms with Crippen LogP contribution < -0.4 is 5.30 Å². The Kier molecular flexibility index (Phi) is 3.58. The minimum absolute atomic E-state index is 0.172. The van der Waals surface area contributed by atoms with E-state index in [2.05, 4.69) is 46.0 Å². The SMILES string of the molecule is Cc1cc(C)c(P=[Si](C)C)c(C)c1. The van der Waals surface area contributed by atoms with Crippen molar-refractivity contribution in [1.82, 2.24) is 0 Å². The molecule has 0 saturated heterocycles. The van der Waals surface area contributed by atoms with Crippen LogP contribution in [-0.4, -0.2) is 8.05 Å². The van der Waals surface area contributed by atoms with E-state index in [1.807, 2.05) is 0 Å². The topological polar surface area (TPSA) is 0 Å². The Hall–Kier alpha value is -0.263. The van der Waals surface area contributed by atoms with Gasteiger partial charge in [0.05, 0.1) is 0 Å². The Morgan fingerprint density at radius 3 is 1.85 bits per heavy atom. The second-order valence-electron chi connectivity index (χ2n) is 3.81. The fourth-order valence-corrected chi connectivity index (χ4v) is 4.90. The van der Waals surface area contributed by atoms with Gasteiger partial charge >= 0.3 is 0 Å². The summed E-state index contributed by atoms with van der Waals surface area (Å²) in [5.41, 5.74) is 4.31. The van der Waals surface area contributed by atoms with Crippen molar-refractivity contribution >= 4 is 21.1 Å². The quantitative estimate of drug-likeness (QED) is 0.490. The van der Waals surface area contributed by atoms with Crippen LogP contribution in [0.1, 0.15) is 16.7 Å². The highest BCUT2D eigenvalue weighted by Gasteiger charge is 2.00. The summed E-state index contributed by atoms with van der Waals surface area (Å²) in [5, 5.41) is 1.56. The summed E-state index contributed by atoms with van der Waals surface area (Å²) < 4.78 is 0. The van der Waals surface area contributed by atoms with Crippen LogP contribution in [0, 0.1) is 20.8 Å². The van der Waals surface area contributed by atoms with E-state index in [1.165, 1.54) is 16.7 Å². The zero-order valence-corrected chi connectivity index (χ0v) is 11.0. The standard InChI is InChI=1S/C11H17PSi/c1-8-6-9(2)11(10(3)7-8)12-13(4)5/h6-7H,1-5H3. The third-order valence-corrected chi connectivity index (χ3v) is 5.36. The van der Waals surface area contributed by atoms with Crippen molar-refractivity contribution in [2.45, 2.75) is 33.9 Å². The minimum atomic E-state index is -0.172. The lowest BCUT2D eigenvalue weighted by atomic mass is 10.1. The molecule has 0 unspecified atom stereocenters. The number of hydrogen-bond donors (Lipinski definition) is 0. The van der Waals surface area contributed by atoms with Crippen LogP contribution in [0.2, 0.25) is 13.1 Å². The summed E-state index contributed by atoms with van der Waals surface area (Å²) in [7, 11) is 1.39. The van der Waals surface area contributed by atoms with Gasteiger partial charge in [-0.3, -0.25) is 0 Å². The molecular weight excluding hydrogens is 191 g/mol. The van der Waals surface area contributed by atoms with E-state index in [1.54, 1.807) is 13.0 Å². The van der Waals surface area contributed by atoms with Crippen LogP contribution in [0.4, 0.5) is 0 Å². The lowest BCUT2D eigenvalue weighted by Crippen LogP contribution is -2.05. The summed E-state index contributed by atoms with van der Waals surface area (Å²) in [4.78, 5) is 0. The van der Waals surface area contributed by atoms with Gasteiger partial charge in [0, 0.05) is 13.4 Å². The van der Waals surface area contributed by atoms with Gasteiger partial charge in [0.25, 0.3) is 0 Å². The molecule has 0 spiro atoms. The molecular formula is C11H17PSi. The average molecular weight is 208 g/mol. The molecule has 0 amide bonds. The molecule has 1 aromatic carbocycles. The average Bonchev–Trinajstić information content (AvgIpc) is 1.96. The molecule has 0 saturated carbocycles. The monoisotopic (exact) mass is 208 g/mol. The Bertz CT molecular complexity index is 326. The molecule has 0 fully saturated rings. The van der Waals surface area contributed by atoms with Crippen LogP contribution in [0.3, 0.4) is 0 Å². The van der Waals surface area contributed by atoms with E-state index in [0.29, 0.717) is 0 Å². The molecule has 0 nitrogen and oxygen atoms in total. The van der Waals surface area contributed by atoms with Gasteiger partial charge in [-0.1, -0.05) is 30.8 Å². The second-order valence-corrected chi connectivity index (χ2v) is 9.73. The van der Waals surface area contributed by atoms with Gasteiger partial charge in [0.15, 0.2) is 0 Å². The maximum atomic E-state index is 2.37. The van der Waals surface area contributed by atoms with E-state index in [-0.39, 0.29) is 8.05 Å². The molecule has 0 atom stereocenters. The first kappa shape index (κ1) is 10.8. The number of rotatable bonds is 1. The Balaban J connectivity index is 3.29. The molecule has 0 aliphatic heterocycles. The molecule has 1 rings (SSSR count). The molecule has 0 aromatic heterocycles. The highest BCUT2D eigenvalue weighted by atomic mass is 31.2. The van der Waals surface area contributed by atoms with Gasteiger partial charge in [-0.15, -0.1) is 7.72 Å². The first-order valence-corrected chi connectivity index (χ1v) is 8.84. The fourth-order valence-electron chi connectivity index (χ4n) is 1.57. The lowest BCUT2D eigenvalue weighted by molar-refractivity contribution is 1.36. The largest absolute Gasteiger partial charge is 0.102 e. The van der Waals surface area contributed by atoms with Crippen LogP contribution in [0.25, 0.3) is 0 Å². The smallest absolute Gasteiger partial charge is 0.0411 e. The van der Waals surface area contributed by atoms with Crippen LogP contribution in [0.5, 0.6) is 0 Å². The Morgan fingerprint density at radius 2 is 1.46 bits per heavy atom. The molecule has 0 N–H and O–H groups in total. The summed E-state index contributed by atoms with van der Waals surface area (Å²) in [5.74, 6) is 0. The minimum Gasteiger partial charge on any atom is -0.102 e. The number of hydrogen-bond acceptors (Lipinski definition) is 0. The zero-order valence-electron chi connectivity index (χ0n) is 9.10. The maximum absolute atomic E-state index is 2.37. The van der Waals surface area contributed by atoms with Gasteiger partial charge in [0.1, 0.15) is 0 Å². The van der Waals surface area contributed by atoms with Crippen LogP contribution in [0.15, 0.2) is 12.1 Å². The van der Waals surface area contributed by atoms with E-state index >= 15 is 0 Å². The molecule has 1 aromatic rings. The summed E-state index contributed by atoms with van der Waals surface area (Å²) in [6, 6.07) is 4.58. The van der Waals surface area contributed by atoms with Crippen molar-refractivity contribution in [3.63, 3.8) is 0 Å². The van der Waals surface area contributed by atoms with Gasteiger partial charge < -0.3 is 0 Å². The molecule has 0 aliphatic carbocycles. The Labute approximate surface area is 84.2 Å². The van der Waals surface area contributed by atoms with E-state index in [4.69, 9.17) is 0 Å². The molecule has 0 heterocycles. The fraction of sp³-hybridized carbons (Fsp3) is 0.455. The highest BCUT2D eigenvalue weighted by Crippen LogP contribution is 2.12. The third-order valence-electron chi connectivity index (χ3n) is 1.97. The second kappa shape index (κ2) is 4.30.